The second-order valence-corrected chi connectivity index (χ2v) is 7.87. The number of aliphatic hydroxyl groups excluding tert-OH is 9. The Bertz CT molecular complexity index is 581. The molecule has 31 heavy (non-hydrogen) atoms. The molecule has 0 saturated carbocycles. The summed E-state index contributed by atoms with van der Waals surface area (Å²) < 4.78 is 26.4. The summed E-state index contributed by atoms with van der Waals surface area (Å²) in [6.07, 6.45) is -21.0. The van der Waals surface area contributed by atoms with Gasteiger partial charge in [-0.3, -0.25) is 0 Å². The summed E-state index contributed by atoms with van der Waals surface area (Å²) in [5.74, 6) is 0. The Morgan fingerprint density at radius 3 is 1.94 bits per heavy atom. The van der Waals surface area contributed by atoms with Gasteiger partial charge < -0.3 is 69.6 Å². The van der Waals surface area contributed by atoms with E-state index in [4.69, 9.17) is 28.8 Å². The van der Waals surface area contributed by atoms with Crippen LogP contribution in [0.4, 0.5) is 0 Å². The van der Waals surface area contributed by atoms with Gasteiger partial charge in [-0.2, -0.15) is 0 Å². The highest BCUT2D eigenvalue weighted by atomic mass is 16.8. The third-order valence-corrected chi connectivity index (χ3v) is 5.66. The van der Waals surface area contributed by atoms with E-state index in [9.17, 15) is 40.9 Å². The van der Waals surface area contributed by atoms with Gasteiger partial charge in [0, 0.05) is 0 Å². The predicted molar refractivity (Wildman–Crippen MR) is 93.8 cm³/mol. The predicted octanol–water partition coefficient (Wildman–Crippen LogP) is -5.91. The third-order valence-electron chi connectivity index (χ3n) is 5.66. The summed E-state index contributed by atoms with van der Waals surface area (Å²) in [4.78, 5) is 0. The van der Waals surface area contributed by atoms with Crippen LogP contribution in [0.1, 0.15) is 6.92 Å². The fourth-order valence-electron chi connectivity index (χ4n) is 3.73. The number of hydrogen-bond donors (Lipinski definition) is 9. The third kappa shape index (κ3) is 5.02. The van der Waals surface area contributed by atoms with Gasteiger partial charge in [0.1, 0.15) is 61.0 Å². The van der Waals surface area contributed by atoms with Crippen molar-refractivity contribution in [1.29, 1.82) is 0 Å². The van der Waals surface area contributed by atoms with E-state index < -0.39 is 92.6 Å². The van der Waals surface area contributed by atoms with Crippen molar-refractivity contribution < 1.29 is 69.6 Å². The largest absolute Gasteiger partial charge is 0.394 e. The monoisotopic (exact) mass is 458 g/mol. The maximum Gasteiger partial charge on any atom is 0.187 e. The van der Waals surface area contributed by atoms with Crippen molar-refractivity contribution >= 4 is 0 Å². The van der Waals surface area contributed by atoms with Crippen LogP contribution in [0.3, 0.4) is 0 Å². The second kappa shape index (κ2) is 10.1. The molecule has 3 fully saturated rings. The van der Waals surface area contributed by atoms with Crippen molar-refractivity contribution in [3.05, 3.63) is 0 Å². The molecular weight excluding hydrogens is 428 g/mol. The molecule has 182 valence electrons. The van der Waals surface area contributed by atoms with Crippen molar-refractivity contribution in [2.45, 2.75) is 92.9 Å². The highest BCUT2D eigenvalue weighted by Crippen LogP contribution is 2.31. The molecule has 0 unspecified atom stereocenters. The van der Waals surface area contributed by atoms with Gasteiger partial charge in [0.05, 0.1) is 19.3 Å². The molecule has 0 aromatic heterocycles. The van der Waals surface area contributed by atoms with Crippen LogP contribution in [0.2, 0.25) is 0 Å². The van der Waals surface area contributed by atoms with Crippen molar-refractivity contribution in [2.75, 3.05) is 13.2 Å². The van der Waals surface area contributed by atoms with E-state index >= 15 is 0 Å². The Morgan fingerprint density at radius 1 is 0.710 bits per heavy atom. The minimum Gasteiger partial charge on any atom is -0.394 e. The zero-order chi connectivity index (χ0) is 23.0. The normalized spacial score (nSPS) is 54.0. The first-order chi connectivity index (χ1) is 14.6. The molecule has 0 bridgehead atoms. The van der Waals surface area contributed by atoms with Gasteiger partial charge in [-0.1, -0.05) is 0 Å². The first-order valence-electron chi connectivity index (χ1n) is 9.85. The maximum atomic E-state index is 10.5. The summed E-state index contributed by atoms with van der Waals surface area (Å²) in [5.41, 5.74) is 0. The van der Waals surface area contributed by atoms with Gasteiger partial charge in [0.2, 0.25) is 0 Å². The molecule has 0 radical (unpaired) electrons. The summed E-state index contributed by atoms with van der Waals surface area (Å²) in [7, 11) is 0. The Morgan fingerprint density at radius 2 is 1.29 bits per heavy atom. The van der Waals surface area contributed by atoms with Gasteiger partial charge >= 0.3 is 0 Å². The van der Waals surface area contributed by atoms with Gasteiger partial charge in [0.25, 0.3) is 0 Å². The van der Waals surface area contributed by atoms with Crippen molar-refractivity contribution in [3.63, 3.8) is 0 Å². The zero-order valence-electron chi connectivity index (χ0n) is 16.6. The van der Waals surface area contributed by atoms with Gasteiger partial charge in [0.15, 0.2) is 18.9 Å². The Hall–Kier alpha value is -0.560. The average molecular weight is 458 g/mol. The Kier molecular flexibility index (Phi) is 8.21. The molecule has 0 aliphatic carbocycles. The smallest absolute Gasteiger partial charge is 0.187 e. The molecule has 0 spiro atoms. The van der Waals surface area contributed by atoms with E-state index in [1.54, 1.807) is 0 Å². The van der Waals surface area contributed by atoms with Crippen molar-refractivity contribution in [3.8, 4) is 0 Å². The quantitative estimate of drug-likeness (QED) is 0.187. The lowest BCUT2D eigenvalue weighted by molar-refractivity contribution is -0.373. The Labute approximate surface area is 176 Å². The van der Waals surface area contributed by atoms with Crippen LogP contribution in [-0.4, -0.2) is 145 Å². The molecule has 3 aliphatic heterocycles. The molecule has 14 heteroatoms. The highest BCUT2D eigenvalue weighted by Gasteiger charge is 2.51. The average Bonchev–Trinajstić information content (AvgIpc) is 2.74. The minimum absolute atomic E-state index is 0.330. The fourth-order valence-corrected chi connectivity index (χ4v) is 3.73. The van der Waals surface area contributed by atoms with Gasteiger partial charge in [-0.15, -0.1) is 0 Å². The molecule has 0 aromatic carbocycles. The molecule has 3 rings (SSSR count). The lowest BCUT2D eigenvalue weighted by atomic mass is 9.97. The van der Waals surface area contributed by atoms with Crippen molar-refractivity contribution in [2.24, 2.45) is 0 Å². The highest BCUT2D eigenvalue weighted by molar-refractivity contribution is 4.94. The molecule has 14 nitrogen and oxygen atoms in total. The van der Waals surface area contributed by atoms with Gasteiger partial charge in [-0.25, -0.2) is 0 Å². The lowest BCUT2D eigenvalue weighted by Crippen LogP contribution is -2.65. The first kappa shape index (κ1) is 25.1. The van der Waals surface area contributed by atoms with E-state index in [2.05, 4.69) is 0 Å². The van der Waals surface area contributed by atoms with Crippen LogP contribution in [-0.2, 0) is 23.7 Å². The molecule has 9 N–H and O–H groups in total. The molecule has 3 saturated heterocycles. The van der Waals surface area contributed by atoms with Crippen LogP contribution in [0.5, 0.6) is 0 Å². The van der Waals surface area contributed by atoms with E-state index in [-0.39, 0.29) is 6.61 Å². The first-order valence-corrected chi connectivity index (χ1v) is 9.85. The van der Waals surface area contributed by atoms with Crippen LogP contribution in [0.15, 0.2) is 0 Å². The van der Waals surface area contributed by atoms with E-state index in [1.807, 2.05) is 0 Å². The second-order valence-electron chi connectivity index (χ2n) is 7.87. The molecular formula is C17H30O14. The van der Waals surface area contributed by atoms with Crippen LogP contribution < -0.4 is 0 Å². The number of hydrogen-bond acceptors (Lipinski definition) is 14. The van der Waals surface area contributed by atoms with Gasteiger partial charge in [-0.05, 0) is 6.92 Å². The topological polar surface area (TPSA) is 228 Å². The molecule has 3 aliphatic rings. The van der Waals surface area contributed by atoms with E-state index in [1.165, 1.54) is 6.92 Å². The molecule has 0 amide bonds. The molecule has 14 atom stereocenters. The Balaban J connectivity index is 1.63. The number of rotatable bonds is 5. The van der Waals surface area contributed by atoms with Crippen LogP contribution in [0.25, 0.3) is 0 Å². The fraction of sp³-hybridized carbons (Fsp3) is 1.00. The SMILES string of the molecule is C[C@@H]1O[C@@H](O[C@@H]2[C@@H](O)[C@H](O)[C@@H](CO)O[C@H]2O)[C@H](O)[C@H](O)[C@H]1O[C@@H]1OC[C@@H](O)[C@H](O)[C@H]1O. The summed E-state index contributed by atoms with van der Waals surface area (Å²) >= 11 is 0. The lowest BCUT2D eigenvalue weighted by Gasteiger charge is -2.46. The zero-order valence-corrected chi connectivity index (χ0v) is 16.6. The standard InChI is InChI=1S/C17H30O14/c1-4-13(30-16-11(24)7(20)5(19)3-27-16)10(23)12(25)17(28-4)31-14-9(22)8(21)6(2-18)29-15(14)26/h4-26H,2-3H2,1H3/t4-,5+,6+,7-,8+,9-,10-,11+,12+,13-,14+,15+,16-,17-/m0/s1. The number of ether oxygens (including phenoxy) is 5. The molecule has 3 heterocycles. The van der Waals surface area contributed by atoms with Crippen LogP contribution >= 0.6 is 0 Å². The maximum absolute atomic E-state index is 10.5. The van der Waals surface area contributed by atoms with E-state index in [0.717, 1.165) is 0 Å². The summed E-state index contributed by atoms with van der Waals surface area (Å²) in [6.45, 7) is 0.446. The minimum atomic E-state index is -1.77. The van der Waals surface area contributed by atoms with E-state index in [0.29, 0.717) is 0 Å². The van der Waals surface area contributed by atoms with Crippen LogP contribution in [0, 0.1) is 0 Å². The summed E-state index contributed by atoms with van der Waals surface area (Å²) in [5, 5.41) is 89.3. The summed E-state index contributed by atoms with van der Waals surface area (Å²) in [6, 6.07) is 0. The van der Waals surface area contributed by atoms with Crippen molar-refractivity contribution in [1.82, 2.24) is 0 Å². The molecule has 0 aromatic rings. The number of aliphatic hydroxyl groups is 9.